The molecule has 2 atom stereocenters. The molecule has 3 fully saturated rings. The van der Waals surface area contributed by atoms with E-state index in [1.165, 1.54) is 4.90 Å². The first-order valence-corrected chi connectivity index (χ1v) is 8.90. The molecule has 0 aliphatic carbocycles. The summed E-state index contributed by atoms with van der Waals surface area (Å²) in [6.07, 6.45) is 1.79. The van der Waals surface area contributed by atoms with Crippen LogP contribution in [0.4, 0.5) is 0 Å². The molecule has 7 nitrogen and oxygen atoms in total. The molecule has 3 aliphatic rings. The van der Waals surface area contributed by atoms with E-state index in [4.69, 9.17) is 5.11 Å². The largest absolute Gasteiger partial charge is 0.478 e. The molecule has 4 rings (SSSR count). The second-order valence-electron chi connectivity index (χ2n) is 7.38. The molecule has 1 aromatic carbocycles. The SMILES string of the molecule is CN(C)C(=O)CN1C(=O)[C@H]2CC[C@@H]1CN(Cc1ccc(C(=O)O)cc1)C2. The van der Waals surface area contributed by atoms with Crippen molar-refractivity contribution in [2.45, 2.75) is 25.4 Å². The molecule has 2 bridgehead atoms. The van der Waals surface area contributed by atoms with Gasteiger partial charge in [0.1, 0.15) is 6.54 Å². The number of piperidine rings is 1. The molecule has 2 amide bonds. The zero-order valence-corrected chi connectivity index (χ0v) is 15.2. The first-order valence-electron chi connectivity index (χ1n) is 8.90. The first-order chi connectivity index (χ1) is 12.3. The van der Waals surface area contributed by atoms with Crippen LogP contribution in [0.1, 0.15) is 28.8 Å². The number of carbonyl (C=O) groups is 3. The van der Waals surface area contributed by atoms with E-state index >= 15 is 0 Å². The predicted molar refractivity (Wildman–Crippen MR) is 95.6 cm³/mol. The van der Waals surface area contributed by atoms with Crippen molar-refractivity contribution in [3.63, 3.8) is 0 Å². The van der Waals surface area contributed by atoms with Crippen LogP contribution in [0.5, 0.6) is 0 Å². The minimum atomic E-state index is -0.934. The first kappa shape index (κ1) is 18.4. The van der Waals surface area contributed by atoms with Gasteiger partial charge >= 0.3 is 5.97 Å². The Morgan fingerprint density at radius 3 is 2.46 bits per heavy atom. The van der Waals surface area contributed by atoms with Crippen LogP contribution in [0.15, 0.2) is 24.3 Å². The third-order valence-corrected chi connectivity index (χ3v) is 5.28. The quantitative estimate of drug-likeness (QED) is 0.845. The summed E-state index contributed by atoms with van der Waals surface area (Å²) in [5.74, 6) is -0.972. The van der Waals surface area contributed by atoms with Gasteiger partial charge in [0.2, 0.25) is 11.8 Å². The predicted octanol–water partition coefficient (Wildman–Crippen LogP) is 0.896. The fourth-order valence-corrected chi connectivity index (χ4v) is 3.77. The van der Waals surface area contributed by atoms with Crippen LogP contribution in [0.3, 0.4) is 0 Å². The monoisotopic (exact) mass is 359 g/mol. The molecular formula is C19H25N3O4. The molecule has 1 aromatic rings. The average molecular weight is 359 g/mol. The highest BCUT2D eigenvalue weighted by Gasteiger charge is 2.41. The van der Waals surface area contributed by atoms with Crippen molar-refractivity contribution in [3.8, 4) is 0 Å². The topological polar surface area (TPSA) is 81.2 Å². The summed E-state index contributed by atoms with van der Waals surface area (Å²) < 4.78 is 0. The lowest BCUT2D eigenvalue weighted by Crippen LogP contribution is -2.51. The molecular weight excluding hydrogens is 334 g/mol. The number of aromatic carboxylic acids is 1. The molecule has 0 unspecified atom stereocenters. The summed E-state index contributed by atoms with van der Waals surface area (Å²) in [7, 11) is 3.41. The van der Waals surface area contributed by atoms with Crippen molar-refractivity contribution in [2.75, 3.05) is 33.7 Å². The summed E-state index contributed by atoms with van der Waals surface area (Å²) >= 11 is 0. The van der Waals surface area contributed by atoms with E-state index in [-0.39, 0.29) is 35.9 Å². The van der Waals surface area contributed by atoms with Crippen LogP contribution in [0.2, 0.25) is 0 Å². The molecule has 3 saturated heterocycles. The summed E-state index contributed by atoms with van der Waals surface area (Å²) in [6.45, 7) is 2.25. The lowest BCUT2D eigenvalue weighted by Gasteiger charge is -2.36. The summed E-state index contributed by atoms with van der Waals surface area (Å²) in [4.78, 5) is 41.3. The maximum atomic E-state index is 12.7. The molecule has 3 aliphatic heterocycles. The van der Waals surface area contributed by atoms with Crippen molar-refractivity contribution in [3.05, 3.63) is 35.4 Å². The van der Waals surface area contributed by atoms with E-state index in [0.29, 0.717) is 13.1 Å². The normalized spacial score (nSPS) is 23.0. The summed E-state index contributed by atoms with van der Waals surface area (Å²) in [6, 6.07) is 6.93. The fraction of sp³-hybridized carbons (Fsp3) is 0.526. The van der Waals surface area contributed by atoms with Crippen molar-refractivity contribution in [1.82, 2.24) is 14.7 Å². The Balaban J connectivity index is 1.69. The Kier molecular flexibility index (Phi) is 5.27. The minimum absolute atomic E-state index is 0.0540. The third kappa shape index (κ3) is 3.88. The smallest absolute Gasteiger partial charge is 0.335 e. The Labute approximate surface area is 153 Å². The van der Waals surface area contributed by atoms with E-state index in [1.807, 2.05) is 12.1 Å². The lowest BCUT2D eigenvalue weighted by atomic mass is 9.94. The standard InChI is InChI=1S/C19H25N3O4/c1-20(2)17(23)12-22-16-8-7-15(18(22)24)10-21(11-16)9-13-3-5-14(6-4-13)19(25)26/h3-6,15-16H,7-12H2,1-2H3,(H,25,26)/t15-,16+/m0/s1. The van der Waals surface area contributed by atoms with Crippen LogP contribution in [-0.4, -0.2) is 77.4 Å². The van der Waals surface area contributed by atoms with Crippen molar-refractivity contribution in [2.24, 2.45) is 5.92 Å². The van der Waals surface area contributed by atoms with Crippen LogP contribution in [0.25, 0.3) is 0 Å². The van der Waals surface area contributed by atoms with E-state index in [9.17, 15) is 14.4 Å². The van der Waals surface area contributed by atoms with Crippen LogP contribution in [0, 0.1) is 5.92 Å². The van der Waals surface area contributed by atoms with Gasteiger partial charge in [0.15, 0.2) is 0 Å². The number of amides is 2. The van der Waals surface area contributed by atoms with Gasteiger partial charge in [-0.1, -0.05) is 12.1 Å². The van der Waals surface area contributed by atoms with Gasteiger partial charge in [-0.25, -0.2) is 4.79 Å². The molecule has 3 heterocycles. The van der Waals surface area contributed by atoms with Gasteiger partial charge in [0.05, 0.1) is 11.5 Å². The Morgan fingerprint density at radius 2 is 1.85 bits per heavy atom. The van der Waals surface area contributed by atoms with Gasteiger partial charge in [-0.15, -0.1) is 0 Å². The zero-order valence-electron chi connectivity index (χ0n) is 15.2. The number of rotatable bonds is 5. The van der Waals surface area contributed by atoms with Crippen LogP contribution in [-0.2, 0) is 16.1 Å². The van der Waals surface area contributed by atoms with Gasteiger partial charge in [-0.05, 0) is 30.5 Å². The minimum Gasteiger partial charge on any atom is -0.478 e. The van der Waals surface area contributed by atoms with Crippen molar-refractivity contribution < 1.29 is 19.5 Å². The number of hydrogen-bond donors (Lipinski definition) is 1. The number of fused-ring (bicyclic) bond motifs is 4. The molecule has 1 N–H and O–H groups in total. The maximum Gasteiger partial charge on any atom is 0.335 e. The Morgan fingerprint density at radius 1 is 1.15 bits per heavy atom. The van der Waals surface area contributed by atoms with E-state index in [0.717, 1.165) is 24.9 Å². The second kappa shape index (κ2) is 7.45. The highest BCUT2D eigenvalue weighted by atomic mass is 16.4. The number of nitrogens with zero attached hydrogens (tertiary/aromatic N) is 3. The molecule has 0 spiro atoms. The average Bonchev–Trinajstić information content (AvgIpc) is 2.87. The number of likely N-dealkylation sites (N-methyl/N-ethyl adjacent to an activating group) is 1. The van der Waals surface area contributed by atoms with Gasteiger partial charge in [-0.3, -0.25) is 14.5 Å². The van der Waals surface area contributed by atoms with Gasteiger partial charge in [-0.2, -0.15) is 0 Å². The summed E-state index contributed by atoms with van der Waals surface area (Å²) in [5, 5.41) is 9.00. The van der Waals surface area contributed by atoms with E-state index in [2.05, 4.69) is 4.90 Å². The third-order valence-electron chi connectivity index (χ3n) is 5.28. The maximum absolute atomic E-state index is 12.7. The number of carbonyl (C=O) groups excluding carboxylic acids is 2. The fourth-order valence-electron chi connectivity index (χ4n) is 3.77. The lowest BCUT2D eigenvalue weighted by molar-refractivity contribution is -0.145. The Hall–Kier alpha value is -2.41. The second-order valence-corrected chi connectivity index (χ2v) is 7.38. The number of hydrogen-bond acceptors (Lipinski definition) is 4. The van der Waals surface area contributed by atoms with Crippen molar-refractivity contribution in [1.29, 1.82) is 0 Å². The van der Waals surface area contributed by atoms with Crippen molar-refractivity contribution >= 4 is 17.8 Å². The number of carboxylic acid groups (broad SMARTS) is 1. The molecule has 140 valence electrons. The molecule has 7 heteroatoms. The van der Waals surface area contributed by atoms with Gasteiger partial charge in [0.25, 0.3) is 0 Å². The highest BCUT2D eigenvalue weighted by molar-refractivity contribution is 5.87. The summed E-state index contributed by atoms with van der Waals surface area (Å²) in [5.41, 5.74) is 1.30. The Bertz CT molecular complexity index is 701. The van der Waals surface area contributed by atoms with E-state index < -0.39 is 5.97 Å². The van der Waals surface area contributed by atoms with E-state index in [1.54, 1.807) is 31.1 Å². The molecule has 26 heavy (non-hydrogen) atoms. The van der Waals surface area contributed by atoms with Crippen LogP contribution < -0.4 is 0 Å². The number of carboxylic acids is 1. The number of benzene rings is 1. The zero-order chi connectivity index (χ0) is 18.8. The van der Waals surface area contributed by atoms with Gasteiger partial charge in [0, 0.05) is 39.8 Å². The van der Waals surface area contributed by atoms with Gasteiger partial charge < -0.3 is 14.9 Å². The van der Waals surface area contributed by atoms with Crippen LogP contribution >= 0.6 is 0 Å². The molecule has 0 saturated carbocycles. The highest BCUT2D eigenvalue weighted by Crippen LogP contribution is 2.29. The molecule has 0 aromatic heterocycles. The molecule has 0 radical (unpaired) electrons.